The van der Waals surface area contributed by atoms with E-state index in [1.165, 1.54) is 19.3 Å². The largest absolute Gasteiger partial charge is 0.349 e. The monoisotopic (exact) mass is 417 g/mol. The van der Waals surface area contributed by atoms with Crippen molar-refractivity contribution >= 4 is 17.7 Å². The van der Waals surface area contributed by atoms with Crippen molar-refractivity contribution in [2.45, 2.75) is 114 Å². The van der Waals surface area contributed by atoms with E-state index < -0.39 is 0 Å². The lowest BCUT2D eigenvalue weighted by molar-refractivity contribution is -0.127. The fourth-order valence-electron chi connectivity index (χ4n) is 5.79. The first-order valence-corrected chi connectivity index (χ1v) is 12.5. The molecule has 0 spiro atoms. The van der Waals surface area contributed by atoms with E-state index >= 15 is 0 Å². The van der Waals surface area contributed by atoms with Gasteiger partial charge < -0.3 is 16.0 Å². The van der Waals surface area contributed by atoms with Crippen LogP contribution in [0.15, 0.2) is 0 Å². The molecule has 30 heavy (non-hydrogen) atoms. The molecule has 168 valence electrons. The first kappa shape index (κ1) is 21.6. The van der Waals surface area contributed by atoms with Gasteiger partial charge in [-0.2, -0.15) is 0 Å². The standard InChI is InChI=1S/C24H39N3O3/c28-22(16-10-4-1-5-11-16)25-19-20(26-23(29)17-12-6-2-7-13-17)21(19)27-24(30)18-14-8-3-9-15-18/h16-21H,1-15H2,(H,25,28)(H,26,29)(H,27,30). The normalized spacial score (nSPS) is 31.0. The maximum atomic E-state index is 12.8. The predicted molar refractivity (Wildman–Crippen MR) is 116 cm³/mol. The number of carbonyl (C=O) groups is 3. The third-order valence-electron chi connectivity index (χ3n) is 7.87. The molecular weight excluding hydrogens is 378 g/mol. The molecule has 0 aliphatic heterocycles. The Hall–Kier alpha value is -1.59. The fraction of sp³-hybridized carbons (Fsp3) is 0.875. The van der Waals surface area contributed by atoms with Gasteiger partial charge in [-0.25, -0.2) is 0 Å². The van der Waals surface area contributed by atoms with Gasteiger partial charge in [0.2, 0.25) is 17.7 Å². The summed E-state index contributed by atoms with van der Waals surface area (Å²) in [6.45, 7) is 0. The molecule has 0 unspecified atom stereocenters. The minimum Gasteiger partial charge on any atom is -0.349 e. The quantitative estimate of drug-likeness (QED) is 0.620. The van der Waals surface area contributed by atoms with Crippen molar-refractivity contribution < 1.29 is 14.4 Å². The molecule has 4 fully saturated rings. The summed E-state index contributed by atoms with van der Waals surface area (Å²) in [5.74, 6) is 0.569. The van der Waals surface area contributed by atoms with Crippen LogP contribution < -0.4 is 16.0 Å². The van der Waals surface area contributed by atoms with E-state index in [1.54, 1.807) is 0 Å². The molecule has 0 atom stereocenters. The Morgan fingerprint density at radius 2 is 0.633 bits per heavy atom. The van der Waals surface area contributed by atoms with Crippen LogP contribution in [0.5, 0.6) is 0 Å². The smallest absolute Gasteiger partial charge is 0.223 e. The Bertz CT molecular complexity index is 528. The van der Waals surface area contributed by atoms with Crippen LogP contribution in [0.25, 0.3) is 0 Å². The van der Waals surface area contributed by atoms with Crippen molar-refractivity contribution in [1.29, 1.82) is 0 Å². The summed E-state index contributed by atoms with van der Waals surface area (Å²) in [5.41, 5.74) is 0. The molecule has 4 aliphatic carbocycles. The molecule has 0 saturated heterocycles. The van der Waals surface area contributed by atoms with Crippen molar-refractivity contribution in [2.75, 3.05) is 0 Å². The summed E-state index contributed by atoms with van der Waals surface area (Å²) >= 11 is 0. The van der Waals surface area contributed by atoms with Crippen LogP contribution in [-0.4, -0.2) is 35.8 Å². The second kappa shape index (κ2) is 10.1. The van der Waals surface area contributed by atoms with Crippen molar-refractivity contribution in [1.82, 2.24) is 16.0 Å². The maximum Gasteiger partial charge on any atom is 0.223 e. The maximum absolute atomic E-state index is 12.8. The van der Waals surface area contributed by atoms with Gasteiger partial charge in [0, 0.05) is 17.8 Å². The van der Waals surface area contributed by atoms with Gasteiger partial charge in [-0.3, -0.25) is 14.4 Å². The van der Waals surface area contributed by atoms with Gasteiger partial charge in [0.05, 0.1) is 18.1 Å². The van der Waals surface area contributed by atoms with Gasteiger partial charge in [-0.1, -0.05) is 57.8 Å². The van der Waals surface area contributed by atoms with Gasteiger partial charge in [0.15, 0.2) is 0 Å². The Labute approximate surface area is 180 Å². The SMILES string of the molecule is O=C(NC1C(NC(=O)C2CCCCC2)C1NC(=O)C1CCCCC1)C1CCCCC1. The van der Waals surface area contributed by atoms with Crippen LogP contribution >= 0.6 is 0 Å². The molecule has 0 aromatic rings. The van der Waals surface area contributed by atoms with Crippen molar-refractivity contribution in [3.63, 3.8) is 0 Å². The highest BCUT2D eigenvalue weighted by molar-refractivity contribution is 5.84. The third-order valence-corrected chi connectivity index (χ3v) is 7.87. The summed E-state index contributed by atoms with van der Waals surface area (Å²) < 4.78 is 0. The second-order valence-electron chi connectivity index (χ2n) is 10.1. The molecule has 0 aromatic heterocycles. The molecule has 4 saturated carbocycles. The van der Waals surface area contributed by atoms with Gasteiger partial charge in [-0.15, -0.1) is 0 Å². The molecule has 6 heteroatoms. The number of carbonyl (C=O) groups excluding carboxylic acids is 3. The van der Waals surface area contributed by atoms with Gasteiger partial charge in [0.25, 0.3) is 0 Å². The topological polar surface area (TPSA) is 87.3 Å². The molecule has 0 aromatic carbocycles. The van der Waals surface area contributed by atoms with Crippen LogP contribution in [0.1, 0.15) is 96.3 Å². The fourth-order valence-corrected chi connectivity index (χ4v) is 5.79. The summed E-state index contributed by atoms with van der Waals surface area (Å²) in [5, 5.41) is 9.52. The Morgan fingerprint density at radius 3 is 0.867 bits per heavy atom. The van der Waals surface area contributed by atoms with Gasteiger partial charge in [-0.05, 0) is 38.5 Å². The van der Waals surface area contributed by atoms with Gasteiger partial charge >= 0.3 is 0 Å². The molecular formula is C24H39N3O3. The van der Waals surface area contributed by atoms with Crippen molar-refractivity contribution in [3.8, 4) is 0 Å². The Balaban J connectivity index is 1.34. The van der Waals surface area contributed by atoms with E-state index in [9.17, 15) is 14.4 Å². The minimum atomic E-state index is -0.167. The number of nitrogens with one attached hydrogen (secondary N) is 3. The zero-order chi connectivity index (χ0) is 20.9. The van der Waals surface area contributed by atoms with E-state index in [1.807, 2.05) is 0 Å². The Kier molecular flexibility index (Phi) is 7.32. The minimum absolute atomic E-state index is 0.0868. The van der Waals surface area contributed by atoms with E-state index in [0.717, 1.165) is 77.0 Å². The highest BCUT2D eigenvalue weighted by atomic mass is 16.2. The Morgan fingerprint density at radius 1 is 0.400 bits per heavy atom. The summed E-state index contributed by atoms with van der Waals surface area (Å²) in [7, 11) is 0. The molecule has 0 heterocycles. The van der Waals surface area contributed by atoms with Crippen LogP contribution in [-0.2, 0) is 14.4 Å². The first-order chi connectivity index (χ1) is 14.6. The highest BCUT2D eigenvalue weighted by Gasteiger charge is 2.54. The van der Waals surface area contributed by atoms with E-state index in [-0.39, 0.29) is 53.6 Å². The van der Waals surface area contributed by atoms with Crippen LogP contribution in [0.3, 0.4) is 0 Å². The number of amides is 3. The molecule has 0 bridgehead atoms. The lowest BCUT2D eigenvalue weighted by Gasteiger charge is -2.21. The van der Waals surface area contributed by atoms with Crippen LogP contribution in [0, 0.1) is 17.8 Å². The van der Waals surface area contributed by atoms with Crippen molar-refractivity contribution in [2.24, 2.45) is 17.8 Å². The first-order valence-electron chi connectivity index (χ1n) is 12.5. The second-order valence-corrected chi connectivity index (χ2v) is 10.1. The molecule has 0 radical (unpaired) electrons. The third kappa shape index (κ3) is 5.36. The molecule has 4 aliphatic rings. The molecule has 4 rings (SSSR count). The highest BCUT2D eigenvalue weighted by Crippen LogP contribution is 2.31. The van der Waals surface area contributed by atoms with E-state index in [2.05, 4.69) is 16.0 Å². The zero-order valence-corrected chi connectivity index (χ0v) is 18.3. The number of hydrogen-bond acceptors (Lipinski definition) is 3. The van der Waals surface area contributed by atoms with E-state index in [0.29, 0.717) is 0 Å². The van der Waals surface area contributed by atoms with E-state index in [4.69, 9.17) is 0 Å². The average Bonchev–Trinajstić information content (AvgIpc) is 3.44. The zero-order valence-electron chi connectivity index (χ0n) is 18.3. The molecule has 3 N–H and O–H groups in total. The van der Waals surface area contributed by atoms with Crippen LogP contribution in [0.4, 0.5) is 0 Å². The lowest BCUT2D eigenvalue weighted by Crippen LogP contribution is -2.40. The summed E-state index contributed by atoms with van der Waals surface area (Å²) in [6.07, 6.45) is 16.1. The van der Waals surface area contributed by atoms with Crippen molar-refractivity contribution in [3.05, 3.63) is 0 Å². The summed E-state index contributed by atoms with van der Waals surface area (Å²) in [6, 6.07) is -0.501. The average molecular weight is 418 g/mol. The lowest BCUT2D eigenvalue weighted by atomic mass is 9.88. The predicted octanol–water partition coefficient (Wildman–Crippen LogP) is 3.20. The van der Waals surface area contributed by atoms with Crippen LogP contribution in [0.2, 0.25) is 0 Å². The summed E-state index contributed by atoms with van der Waals surface area (Å²) in [4.78, 5) is 38.3. The number of rotatable bonds is 6. The van der Waals surface area contributed by atoms with Gasteiger partial charge in [0.1, 0.15) is 0 Å². The molecule has 3 amide bonds. The number of hydrogen-bond donors (Lipinski definition) is 3. The molecule has 6 nitrogen and oxygen atoms in total.